The molecule has 0 unspecified atom stereocenters. The molecule has 0 amide bonds. The summed E-state index contributed by atoms with van der Waals surface area (Å²) in [5.41, 5.74) is 7.88. The smallest absolute Gasteiger partial charge is 0.107 e. The van der Waals surface area contributed by atoms with Crippen LogP contribution in [0.4, 0.5) is 0 Å². The summed E-state index contributed by atoms with van der Waals surface area (Å²) in [4.78, 5) is 0. The van der Waals surface area contributed by atoms with E-state index < -0.39 is 0 Å². The zero-order chi connectivity index (χ0) is 16.7. The first-order valence-electron chi connectivity index (χ1n) is 8.53. The number of aromatic nitrogens is 2. The number of benzene rings is 1. The molecule has 0 saturated heterocycles. The van der Waals surface area contributed by atoms with Crippen LogP contribution in [0.5, 0.6) is 0 Å². The van der Waals surface area contributed by atoms with E-state index in [0.717, 1.165) is 5.92 Å². The van der Waals surface area contributed by atoms with Crippen molar-refractivity contribution < 1.29 is 19.4 Å². The molecule has 146 valence electrons. The van der Waals surface area contributed by atoms with Crippen molar-refractivity contribution in [1.29, 1.82) is 0 Å². The monoisotopic (exact) mass is 750 g/mol. The third-order valence-corrected chi connectivity index (χ3v) is 5.95. The van der Waals surface area contributed by atoms with Crippen LogP contribution in [0.1, 0.15) is 43.2 Å². The Labute approximate surface area is 197 Å². The third-order valence-electron chi connectivity index (χ3n) is 4.49. The molecule has 0 atom stereocenters. The Morgan fingerprint density at radius 2 is 1.64 bits per heavy atom. The van der Waals surface area contributed by atoms with Crippen LogP contribution in [0.25, 0.3) is 0 Å². The molecule has 25 heavy (non-hydrogen) atoms. The van der Waals surface area contributed by atoms with Gasteiger partial charge in [0.05, 0.1) is 0 Å². The normalized spacial score (nSPS) is 14.0. The van der Waals surface area contributed by atoms with Crippen LogP contribution in [0, 0.1) is 16.6 Å². The van der Waals surface area contributed by atoms with E-state index in [2.05, 4.69) is 79.1 Å². The maximum atomic E-state index is 5.40. The molecule has 1 saturated carbocycles. The molecule has 1 aromatic heterocycles. The van der Waals surface area contributed by atoms with Crippen LogP contribution in [0.2, 0.25) is 0 Å². The second kappa shape index (κ2) is 13.7. The van der Waals surface area contributed by atoms with Gasteiger partial charge in [0.2, 0.25) is 0 Å². The van der Waals surface area contributed by atoms with E-state index in [-0.39, 0.29) is 48.0 Å². The summed E-state index contributed by atoms with van der Waals surface area (Å²) >= 11 is 2.41. The quantitative estimate of drug-likeness (QED) is 0.432. The van der Waals surface area contributed by atoms with Crippen molar-refractivity contribution in [1.82, 2.24) is 9.13 Å². The summed E-state index contributed by atoms with van der Waals surface area (Å²) in [6.45, 7) is 3.93. The minimum absolute atomic E-state index is 0. The van der Waals surface area contributed by atoms with Crippen molar-refractivity contribution in [3.63, 3.8) is 0 Å². The molecule has 1 aromatic carbocycles. The Morgan fingerprint density at radius 3 is 2.12 bits per heavy atom. The molecule has 3 nitrogen and oxygen atoms in total. The largest absolute Gasteiger partial charge is 0.107 e. The van der Waals surface area contributed by atoms with E-state index in [1.165, 1.54) is 53.6 Å². The zero-order valence-corrected chi connectivity index (χ0v) is 22.0. The van der Waals surface area contributed by atoms with Crippen molar-refractivity contribution in [3.8, 4) is 0 Å². The van der Waals surface area contributed by atoms with Gasteiger partial charge in [0, 0.05) is 6.54 Å². The van der Waals surface area contributed by atoms with Crippen LogP contribution < -0.4 is 5.73 Å². The number of halogens is 2. The van der Waals surface area contributed by atoms with Crippen molar-refractivity contribution >= 4 is 48.0 Å². The Kier molecular flexibility index (Phi) is 14.0. The summed E-state index contributed by atoms with van der Waals surface area (Å²) in [5.74, 6) is 0.921. The number of nitrogens with zero attached hydrogens (tertiary/aromatic N) is 2. The molecule has 1 heterocycles. The van der Waals surface area contributed by atoms with Gasteiger partial charge in [-0.05, 0) is 12.5 Å². The SMILES string of the molecule is Cc1ccc(CN)cc1.Cn1ccn(CC2CCCCC2)[c]1=[Pt].I.I. The van der Waals surface area contributed by atoms with Gasteiger partial charge >= 0.3 is 96.3 Å². The average Bonchev–Trinajstić information content (AvgIpc) is 2.89. The molecule has 0 bridgehead atoms. The summed E-state index contributed by atoms with van der Waals surface area (Å²) in [6, 6.07) is 8.25. The van der Waals surface area contributed by atoms with Crippen LogP contribution in [0.15, 0.2) is 36.7 Å². The first-order valence-corrected chi connectivity index (χ1v) is 9.66. The molecule has 3 rings (SSSR count). The Balaban J connectivity index is 0.000000462. The molecular formula is C19H31I2N3Pt. The number of hydrogen-bond donors (Lipinski definition) is 1. The van der Waals surface area contributed by atoms with Gasteiger partial charge in [-0.3, -0.25) is 0 Å². The Bertz CT molecular complexity index is 643. The first-order chi connectivity index (χ1) is 11.1. The fourth-order valence-electron chi connectivity index (χ4n) is 3.00. The first kappa shape index (κ1) is 25.5. The van der Waals surface area contributed by atoms with Crippen molar-refractivity contribution in [3.05, 3.63) is 51.6 Å². The number of rotatable bonds is 3. The summed E-state index contributed by atoms with van der Waals surface area (Å²) in [6.07, 6.45) is 11.5. The fraction of sp³-hybridized carbons (Fsp3) is 0.526. The van der Waals surface area contributed by atoms with Gasteiger partial charge in [-0.1, -0.05) is 29.8 Å². The number of hydrogen-bond acceptors (Lipinski definition) is 1. The summed E-state index contributed by atoms with van der Waals surface area (Å²) in [7, 11) is 2.11. The molecule has 0 aliphatic heterocycles. The molecule has 1 aliphatic rings. The van der Waals surface area contributed by atoms with E-state index >= 15 is 0 Å². The van der Waals surface area contributed by atoms with Crippen LogP contribution in [0.3, 0.4) is 0 Å². The molecular weight excluding hydrogens is 719 g/mol. The van der Waals surface area contributed by atoms with E-state index in [1.807, 2.05) is 0 Å². The zero-order valence-electron chi connectivity index (χ0n) is 15.1. The number of nitrogens with two attached hydrogens (primary N) is 1. The minimum Gasteiger partial charge on any atom is -0.107 e. The van der Waals surface area contributed by atoms with E-state index in [0.29, 0.717) is 6.54 Å². The molecule has 6 heteroatoms. The second-order valence-corrected chi connectivity index (χ2v) is 7.51. The van der Waals surface area contributed by atoms with Gasteiger partial charge in [-0.25, -0.2) is 0 Å². The van der Waals surface area contributed by atoms with Crippen LogP contribution in [-0.2, 0) is 39.5 Å². The van der Waals surface area contributed by atoms with Crippen molar-refractivity contribution in [2.45, 2.75) is 52.1 Å². The van der Waals surface area contributed by atoms with E-state index in [9.17, 15) is 0 Å². The summed E-state index contributed by atoms with van der Waals surface area (Å²) < 4.78 is 5.91. The van der Waals surface area contributed by atoms with Gasteiger partial charge in [-0.15, -0.1) is 48.0 Å². The maximum absolute atomic E-state index is 5.40. The standard InChI is InChI=1S/C11H18N2.C8H11N.2HI.Pt/c1-12-7-8-13(10-12)9-11-5-3-2-4-6-11;1-7-2-4-8(6-9)5-3-7;;;/h7-8,11H,2-6,9H2,1H3;2-5H,6,9H2,1H3;2*1H;. The second-order valence-electron chi connectivity index (χ2n) is 6.50. The van der Waals surface area contributed by atoms with Gasteiger partial charge in [0.25, 0.3) is 0 Å². The van der Waals surface area contributed by atoms with Crippen LogP contribution in [-0.4, -0.2) is 9.13 Å². The Morgan fingerprint density at radius 1 is 1.04 bits per heavy atom. The van der Waals surface area contributed by atoms with E-state index in [4.69, 9.17) is 5.73 Å². The molecule has 1 aliphatic carbocycles. The molecule has 2 aromatic rings. The summed E-state index contributed by atoms with van der Waals surface area (Å²) in [5, 5.41) is 0. The molecule has 1 fully saturated rings. The van der Waals surface area contributed by atoms with Gasteiger partial charge < -0.3 is 5.73 Å². The molecule has 2 N–H and O–H groups in total. The number of aryl methyl sites for hydroxylation is 2. The fourth-order valence-corrected chi connectivity index (χ4v) is 3.55. The van der Waals surface area contributed by atoms with Gasteiger partial charge in [-0.2, -0.15) is 0 Å². The topological polar surface area (TPSA) is 35.9 Å². The molecule has 0 spiro atoms. The predicted octanol–water partition coefficient (Wildman–Crippen LogP) is 5.18. The number of imidazole rings is 1. The van der Waals surface area contributed by atoms with Crippen LogP contribution >= 0.6 is 48.0 Å². The van der Waals surface area contributed by atoms with Crippen molar-refractivity contribution in [2.75, 3.05) is 0 Å². The van der Waals surface area contributed by atoms with E-state index in [1.54, 1.807) is 0 Å². The average molecular weight is 750 g/mol. The van der Waals surface area contributed by atoms with Gasteiger partial charge in [0.15, 0.2) is 0 Å². The predicted molar refractivity (Wildman–Crippen MR) is 123 cm³/mol. The molecule has 0 radical (unpaired) electrons. The Hall–Kier alpha value is 0.538. The minimum atomic E-state index is 0. The van der Waals surface area contributed by atoms with Gasteiger partial charge in [0.1, 0.15) is 0 Å². The maximum Gasteiger partial charge on any atom is -0.107 e. The third kappa shape index (κ3) is 8.85. The van der Waals surface area contributed by atoms with Crippen molar-refractivity contribution in [2.24, 2.45) is 18.7 Å².